The number of aromatic nitrogens is 1. The highest BCUT2D eigenvalue weighted by molar-refractivity contribution is 7.13. The lowest BCUT2D eigenvalue weighted by Crippen LogP contribution is -2.03. The third-order valence-corrected chi connectivity index (χ3v) is 3.48. The van der Waals surface area contributed by atoms with E-state index in [-0.39, 0.29) is 0 Å². The van der Waals surface area contributed by atoms with E-state index in [2.05, 4.69) is 15.0 Å². The van der Waals surface area contributed by atoms with E-state index in [0.717, 1.165) is 17.8 Å². The van der Waals surface area contributed by atoms with Gasteiger partial charge in [-0.2, -0.15) is 13.2 Å². The molecule has 2 aromatic rings. The van der Waals surface area contributed by atoms with Crippen LogP contribution in [0.3, 0.4) is 0 Å². The Kier molecular flexibility index (Phi) is 4.26. The molecule has 0 saturated heterocycles. The number of rotatable bonds is 4. The first-order valence-electron chi connectivity index (χ1n) is 5.63. The van der Waals surface area contributed by atoms with Crippen LogP contribution in [0.15, 0.2) is 34.8 Å². The molecule has 0 spiro atoms. The summed E-state index contributed by atoms with van der Waals surface area (Å²) in [5, 5.41) is 5.86. The van der Waals surface area contributed by atoms with E-state index in [1.54, 1.807) is 5.38 Å². The second-order valence-electron chi connectivity index (χ2n) is 3.92. The lowest BCUT2D eigenvalue weighted by Gasteiger charge is -2.06. The summed E-state index contributed by atoms with van der Waals surface area (Å²) in [4.78, 5) is 6.94. The van der Waals surface area contributed by atoms with Gasteiger partial charge in [0.05, 0.1) is 11.3 Å². The molecule has 1 heterocycles. The van der Waals surface area contributed by atoms with E-state index in [9.17, 15) is 13.2 Å². The van der Waals surface area contributed by atoms with Crippen LogP contribution in [0.2, 0.25) is 0 Å². The Morgan fingerprint density at radius 2 is 1.95 bits per heavy atom. The Morgan fingerprint density at radius 1 is 1.25 bits per heavy atom. The van der Waals surface area contributed by atoms with E-state index in [4.69, 9.17) is 5.53 Å². The Morgan fingerprint density at radius 3 is 2.55 bits per heavy atom. The van der Waals surface area contributed by atoms with Crippen molar-refractivity contribution in [1.82, 2.24) is 4.98 Å². The number of hydrogen-bond donors (Lipinski definition) is 0. The SMILES string of the molecule is [N-]=[N+]=NCCc1csc(-c2ccc(C(F)(F)F)cc2)n1. The monoisotopic (exact) mass is 298 g/mol. The fourth-order valence-corrected chi connectivity index (χ4v) is 2.43. The molecule has 0 aliphatic rings. The van der Waals surface area contributed by atoms with E-state index >= 15 is 0 Å². The molecule has 20 heavy (non-hydrogen) atoms. The molecule has 1 aromatic carbocycles. The summed E-state index contributed by atoms with van der Waals surface area (Å²) < 4.78 is 37.3. The fraction of sp³-hybridized carbons (Fsp3) is 0.250. The van der Waals surface area contributed by atoms with Crippen molar-refractivity contribution in [2.24, 2.45) is 5.11 Å². The molecule has 0 amide bonds. The van der Waals surface area contributed by atoms with Crippen LogP contribution in [0.1, 0.15) is 11.3 Å². The molecule has 0 bridgehead atoms. The highest BCUT2D eigenvalue weighted by atomic mass is 32.1. The smallest absolute Gasteiger partial charge is 0.241 e. The molecule has 0 aliphatic carbocycles. The van der Waals surface area contributed by atoms with Crippen molar-refractivity contribution in [2.45, 2.75) is 12.6 Å². The average molecular weight is 298 g/mol. The maximum Gasteiger partial charge on any atom is 0.416 e. The van der Waals surface area contributed by atoms with Crippen LogP contribution < -0.4 is 0 Å². The molecule has 0 aliphatic heterocycles. The highest BCUT2D eigenvalue weighted by Crippen LogP contribution is 2.31. The maximum absolute atomic E-state index is 12.4. The van der Waals surface area contributed by atoms with Crippen LogP contribution in [0.4, 0.5) is 13.2 Å². The average Bonchev–Trinajstić information content (AvgIpc) is 2.87. The van der Waals surface area contributed by atoms with Gasteiger partial charge in [0.25, 0.3) is 0 Å². The van der Waals surface area contributed by atoms with Gasteiger partial charge < -0.3 is 0 Å². The third kappa shape index (κ3) is 3.49. The first kappa shape index (κ1) is 14.4. The van der Waals surface area contributed by atoms with E-state index in [1.165, 1.54) is 23.5 Å². The van der Waals surface area contributed by atoms with Gasteiger partial charge in [0.15, 0.2) is 0 Å². The van der Waals surface area contributed by atoms with Crippen molar-refractivity contribution >= 4 is 11.3 Å². The Bertz CT molecular complexity index is 627. The van der Waals surface area contributed by atoms with Crippen molar-refractivity contribution in [2.75, 3.05) is 6.54 Å². The zero-order valence-corrected chi connectivity index (χ0v) is 10.9. The lowest BCUT2D eigenvalue weighted by molar-refractivity contribution is -0.137. The molecule has 0 N–H and O–H groups in total. The van der Waals surface area contributed by atoms with E-state index in [0.29, 0.717) is 23.5 Å². The van der Waals surface area contributed by atoms with Gasteiger partial charge in [0.2, 0.25) is 0 Å². The minimum Gasteiger partial charge on any atom is -0.241 e. The number of azide groups is 1. The molecule has 1 aromatic heterocycles. The largest absolute Gasteiger partial charge is 0.416 e. The topological polar surface area (TPSA) is 61.7 Å². The number of nitrogens with zero attached hydrogens (tertiary/aromatic N) is 4. The number of thiazole rings is 1. The number of halogens is 3. The van der Waals surface area contributed by atoms with Crippen molar-refractivity contribution in [1.29, 1.82) is 0 Å². The molecule has 0 radical (unpaired) electrons. The van der Waals surface area contributed by atoms with Gasteiger partial charge in [0.1, 0.15) is 5.01 Å². The second kappa shape index (κ2) is 5.94. The summed E-state index contributed by atoms with van der Waals surface area (Å²) in [6.07, 6.45) is -3.82. The quantitative estimate of drug-likeness (QED) is 0.459. The van der Waals surface area contributed by atoms with Gasteiger partial charge in [-0.3, -0.25) is 0 Å². The molecule has 0 saturated carbocycles. The van der Waals surface area contributed by atoms with Crippen LogP contribution in [-0.2, 0) is 12.6 Å². The highest BCUT2D eigenvalue weighted by Gasteiger charge is 2.30. The summed E-state index contributed by atoms with van der Waals surface area (Å²) in [5.74, 6) is 0. The van der Waals surface area contributed by atoms with Gasteiger partial charge in [-0.25, -0.2) is 4.98 Å². The predicted octanol–water partition coefficient (Wildman–Crippen LogP) is 4.68. The Labute approximate surface area is 116 Å². The number of benzene rings is 1. The van der Waals surface area contributed by atoms with Crippen molar-refractivity contribution in [3.05, 3.63) is 51.3 Å². The molecule has 8 heteroatoms. The molecule has 4 nitrogen and oxygen atoms in total. The standard InChI is InChI=1S/C12H9F3N4S/c13-12(14,15)9-3-1-8(2-4-9)11-18-10(7-20-11)5-6-17-19-16/h1-4,7H,5-6H2. The Balaban J connectivity index is 2.14. The van der Waals surface area contributed by atoms with Gasteiger partial charge in [-0.05, 0) is 24.1 Å². The van der Waals surface area contributed by atoms with Crippen molar-refractivity contribution in [3.63, 3.8) is 0 Å². The second-order valence-corrected chi connectivity index (χ2v) is 4.78. The molecule has 0 atom stereocenters. The summed E-state index contributed by atoms with van der Waals surface area (Å²) >= 11 is 1.35. The number of alkyl halides is 3. The predicted molar refractivity (Wildman–Crippen MR) is 70.3 cm³/mol. The van der Waals surface area contributed by atoms with Crippen LogP contribution in [0, 0.1) is 0 Å². The summed E-state index contributed by atoms with van der Waals surface area (Å²) in [7, 11) is 0. The van der Waals surface area contributed by atoms with Gasteiger partial charge >= 0.3 is 6.18 Å². The first-order valence-corrected chi connectivity index (χ1v) is 6.51. The van der Waals surface area contributed by atoms with Gasteiger partial charge in [0, 0.05) is 22.4 Å². The molecule has 0 unspecified atom stereocenters. The van der Waals surface area contributed by atoms with E-state index < -0.39 is 11.7 Å². The lowest BCUT2D eigenvalue weighted by atomic mass is 10.1. The van der Waals surface area contributed by atoms with Gasteiger partial charge in [-0.1, -0.05) is 17.2 Å². The number of hydrogen-bond acceptors (Lipinski definition) is 3. The molecular formula is C12H9F3N4S. The van der Waals surface area contributed by atoms with Crippen LogP contribution in [0.25, 0.3) is 21.0 Å². The van der Waals surface area contributed by atoms with Crippen LogP contribution in [0.5, 0.6) is 0 Å². The first-order chi connectivity index (χ1) is 9.50. The summed E-state index contributed by atoms with van der Waals surface area (Å²) in [6.45, 7) is 0.312. The third-order valence-electron chi connectivity index (χ3n) is 2.54. The van der Waals surface area contributed by atoms with Gasteiger partial charge in [-0.15, -0.1) is 11.3 Å². The minimum absolute atomic E-state index is 0.312. The van der Waals surface area contributed by atoms with Crippen LogP contribution in [-0.4, -0.2) is 11.5 Å². The normalized spacial score (nSPS) is 11.2. The molecular weight excluding hydrogens is 289 g/mol. The molecule has 104 valence electrons. The zero-order valence-electron chi connectivity index (χ0n) is 10.1. The Hall–Kier alpha value is -2.05. The zero-order chi connectivity index (χ0) is 14.6. The van der Waals surface area contributed by atoms with E-state index in [1.807, 2.05) is 0 Å². The summed E-state index contributed by atoms with van der Waals surface area (Å²) in [5.41, 5.74) is 8.89. The maximum atomic E-state index is 12.4. The summed E-state index contributed by atoms with van der Waals surface area (Å²) in [6, 6.07) is 4.88. The van der Waals surface area contributed by atoms with Crippen molar-refractivity contribution in [3.8, 4) is 10.6 Å². The minimum atomic E-state index is -4.33. The molecule has 2 rings (SSSR count). The molecule has 0 fully saturated rings. The van der Waals surface area contributed by atoms with Crippen molar-refractivity contribution < 1.29 is 13.2 Å². The van der Waals surface area contributed by atoms with Crippen LogP contribution >= 0.6 is 11.3 Å². The fourth-order valence-electron chi connectivity index (χ4n) is 1.57.